The Bertz CT molecular complexity index is 1480. The Balaban J connectivity index is 1.79. The van der Waals surface area contributed by atoms with Gasteiger partial charge in [-0.3, -0.25) is 4.79 Å². The van der Waals surface area contributed by atoms with Crippen molar-refractivity contribution in [1.29, 1.82) is 0 Å². The number of hydrogen-bond acceptors (Lipinski definition) is 6. The monoisotopic (exact) mass is 507 g/mol. The smallest absolute Gasteiger partial charge is 0.341 e. The zero-order valence-corrected chi connectivity index (χ0v) is 20.6. The minimum absolute atomic E-state index is 0.0170. The number of nitrogens with zero attached hydrogens (tertiary/aromatic N) is 1. The SMILES string of the molecule is CCn1cc(C(=O)O)c(=O)c2cc(OCc3ccc(OC)cc3)c(OCc3ccc(OC)cc3)c(F)c21. The van der Waals surface area contributed by atoms with E-state index in [0.717, 1.165) is 17.3 Å². The van der Waals surface area contributed by atoms with E-state index in [-0.39, 0.29) is 42.2 Å². The molecule has 9 heteroatoms. The maximum atomic E-state index is 16.0. The van der Waals surface area contributed by atoms with Crippen molar-refractivity contribution in [3.63, 3.8) is 0 Å². The van der Waals surface area contributed by atoms with Crippen LogP contribution in [-0.2, 0) is 19.8 Å². The first-order chi connectivity index (χ1) is 17.9. The summed E-state index contributed by atoms with van der Waals surface area (Å²) in [5.41, 5.74) is 0.214. The van der Waals surface area contributed by atoms with Gasteiger partial charge in [-0.2, -0.15) is 0 Å². The normalized spacial score (nSPS) is 10.8. The third kappa shape index (κ3) is 5.35. The molecule has 0 spiro atoms. The molecular formula is C28H26FNO7. The molecule has 192 valence electrons. The van der Waals surface area contributed by atoms with Crippen LogP contribution in [0, 0.1) is 5.82 Å². The molecule has 0 saturated heterocycles. The molecule has 0 aliphatic rings. The zero-order valence-electron chi connectivity index (χ0n) is 20.6. The number of aryl methyl sites for hydroxylation is 1. The topological polar surface area (TPSA) is 96.2 Å². The Labute approximate surface area is 212 Å². The van der Waals surface area contributed by atoms with Crippen LogP contribution in [0.4, 0.5) is 4.39 Å². The largest absolute Gasteiger partial charge is 0.497 e. The minimum Gasteiger partial charge on any atom is -0.497 e. The molecule has 0 fully saturated rings. The van der Waals surface area contributed by atoms with Crippen LogP contribution >= 0.6 is 0 Å². The van der Waals surface area contributed by atoms with Crippen LogP contribution in [0.2, 0.25) is 0 Å². The molecule has 0 aliphatic heterocycles. The molecule has 8 nitrogen and oxygen atoms in total. The van der Waals surface area contributed by atoms with E-state index < -0.39 is 22.8 Å². The average Bonchev–Trinajstić information content (AvgIpc) is 2.92. The summed E-state index contributed by atoms with van der Waals surface area (Å²) < 4.78 is 39.5. The van der Waals surface area contributed by atoms with Gasteiger partial charge in [-0.25, -0.2) is 9.18 Å². The third-order valence-corrected chi connectivity index (χ3v) is 5.89. The predicted octanol–water partition coefficient (Wildman–Crippen LogP) is 5.03. The van der Waals surface area contributed by atoms with Gasteiger partial charge < -0.3 is 28.6 Å². The number of rotatable bonds is 10. The van der Waals surface area contributed by atoms with Gasteiger partial charge >= 0.3 is 5.97 Å². The Hall–Kier alpha value is -4.53. The van der Waals surface area contributed by atoms with Gasteiger partial charge in [0.25, 0.3) is 0 Å². The van der Waals surface area contributed by atoms with E-state index in [1.54, 1.807) is 69.7 Å². The molecule has 0 radical (unpaired) electrons. The van der Waals surface area contributed by atoms with Gasteiger partial charge in [-0.05, 0) is 48.4 Å². The second kappa shape index (κ2) is 11.0. The van der Waals surface area contributed by atoms with E-state index in [1.807, 2.05) is 0 Å². The number of methoxy groups -OCH3 is 2. The van der Waals surface area contributed by atoms with E-state index in [1.165, 1.54) is 10.6 Å². The van der Waals surface area contributed by atoms with Gasteiger partial charge in [-0.15, -0.1) is 0 Å². The van der Waals surface area contributed by atoms with Gasteiger partial charge in [0.1, 0.15) is 30.3 Å². The number of carboxylic acid groups (broad SMARTS) is 1. The van der Waals surface area contributed by atoms with E-state index in [9.17, 15) is 14.7 Å². The molecule has 0 bridgehead atoms. The molecule has 0 aliphatic carbocycles. The summed E-state index contributed by atoms with van der Waals surface area (Å²) in [7, 11) is 3.12. The number of pyridine rings is 1. The van der Waals surface area contributed by atoms with Crippen LogP contribution in [0.25, 0.3) is 10.9 Å². The Kier molecular flexibility index (Phi) is 7.62. The summed E-state index contributed by atoms with van der Waals surface area (Å²) in [4.78, 5) is 24.6. The number of carboxylic acids is 1. The molecule has 1 N–H and O–H groups in total. The lowest BCUT2D eigenvalue weighted by Gasteiger charge is -2.18. The number of aromatic nitrogens is 1. The Morgan fingerprint density at radius 3 is 1.95 bits per heavy atom. The lowest BCUT2D eigenvalue weighted by atomic mass is 10.1. The summed E-state index contributed by atoms with van der Waals surface area (Å²) in [6, 6.07) is 15.6. The maximum Gasteiger partial charge on any atom is 0.341 e. The molecule has 1 heterocycles. The van der Waals surface area contributed by atoms with Crippen LogP contribution in [0.15, 0.2) is 65.6 Å². The summed E-state index contributed by atoms with van der Waals surface area (Å²) in [5.74, 6) is -1.06. The molecule has 1 aromatic heterocycles. The molecule has 0 unspecified atom stereocenters. The van der Waals surface area contributed by atoms with Crippen molar-refractivity contribution in [3.05, 3.63) is 93.5 Å². The molecule has 3 aromatic carbocycles. The second-order valence-electron chi connectivity index (χ2n) is 8.15. The number of ether oxygens (including phenoxy) is 4. The highest BCUT2D eigenvalue weighted by Crippen LogP contribution is 2.37. The van der Waals surface area contributed by atoms with Gasteiger partial charge in [-0.1, -0.05) is 24.3 Å². The van der Waals surface area contributed by atoms with E-state index in [0.29, 0.717) is 11.5 Å². The summed E-state index contributed by atoms with van der Waals surface area (Å²) >= 11 is 0. The number of carbonyl (C=O) groups is 1. The third-order valence-electron chi connectivity index (χ3n) is 5.89. The van der Waals surface area contributed by atoms with Crippen molar-refractivity contribution < 1.29 is 33.2 Å². The Morgan fingerprint density at radius 2 is 1.46 bits per heavy atom. The molecule has 0 amide bonds. The lowest BCUT2D eigenvalue weighted by Crippen LogP contribution is -2.20. The van der Waals surface area contributed by atoms with Crippen LogP contribution in [0.1, 0.15) is 28.4 Å². The van der Waals surface area contributed by atoms with Crippen LogP contribution in [0.3, 0.4) is 0 Å². The van der Waals surface area contributed by atoms with Crippen molar-refractivity contribution >= 4 is 16.9 Å². The molecule has 0 saturated carbocycles. The van der Waals surface area contributed by atoms with E-state index in [4.69, 9.17) is 18.9 Å². The summed E-state index contributed by atoms with van der Waals surface area (Å²) in [5, 5.41) is 9.39. The molecule has 4 rings (SSSR count). The number of aromatic carboxylic acids is 1. The van der Waals surface area contributed by atoms with Crippen LogP contribution in [-0.4, -0.2) is 29.9 Å². The van der Waals surface area contributed by atoms with Crippen LogP contribution < -0.4 is 24.4 Å². The van der Waals surface area contributed by atoms with E-state index in [2.05, 4.69) is 0 Å². The average molecular weight is 508 g/mol. The van der Waals surface area contributed by atoms with Gasteiger partial charge in [0.15, 0.2) is 17.3 Å². The lowest BCUT2D eigenvalue weighted by molar-refractivity contribution is 0.0694. The number of fused-ring (bicyclic) bond motifs is 1. The highest BCUT2D eigenvalue weighted by molar-refractivity contribution is 5.93. The highest BCUT2D eigenvalue weighted by Gasteiger charge is 2.23. The number of benzene rings is 3. The quantitative estimate of drug-likeness (QED) is 0.321. The number of halogens is 1. The van der Waals surface area contributed by atoms with Crippen LogP contribution in [0.5, 0.6) is 23.0 Å². The summed E-state index contributed by atoms with van der Waals surface area (Å²) in [6.07, 6.45) is 1.14. The highest BCUT2D eigenvalue weighted by atomic mass is 19.1. The van der Waals surface area contributed by atoms with Crippen molar-refractivity contribution in [2.24, 2.45) is 0 Å². The van der Waals surface area contributed by atoms with Crippen molar-refractivity contribution in [2.75, 3.05) is 14.2 Å². The fraction of sp³-hybridized carbons (Fsp3) is 0.214. The molecule has 37 heavy (non-hydrogen) atoms. The Morgan fingerprint density at radius 1 is 0.919 bits per heavy atom. The fourth-order valence-electron chi connectivity index (χ4n) is 3.88. The maximum absolute atomic E-state index is 16.0. The first-order valence-electron chi connectivity index (χ1n) is 11.5. The fourth-order valence-corrected chi connectivity index (χ4v) is 3.88. The molecule has 4 aromatic rings. The number of hydrogen-bond donors (Lipinski definition) is 1. The zero-order chi connectivity index (χ0) is 26.5. The first kappa shape index (κ1) is 25.6. The predicted molar refractivity (Wildman–Crippen MR) is 135 cm³/mol. The standard InChI is InChI=1S/C28H26FNO7/c1-4-30-14-22(28(32)33)26(31)21-13-23(36-15-17-5-9-19(34-2)10-6-17)27(24(29)25(21)30)37-16-18-7-11-20(35-3)12-8-18/h5-14H,4,15-16H2,1-3H3,(H,32,33). The minimum atomic E-state index is -1.39. The molecular weight excluding hydrogens is 481 g/mol. The van der Waals surface area contributed by atoms with Crippen molar-refractivity contribution in [3.8, 4) is 23.0 Å². The van der Waals surface area contributed by atoms with Gasteiger partial charge in [0, 0.05) is 12.7 Å². The second-order valence-corrected chi connectivity index (χ2v) is 8.15. The van der Waals surface area contributed by atoms with Gasteiger partial charge in [0.05, 0.1) is 25.1 Å². The van der Waals surface area contributed by atoms with Gasteiger partial charge in [0.2, 0.25) is 5.43 Å². The first-order valence-corrected chi connectivity index (χ1v) is 11.5. The van der Waals surface area contributed by atoms with E-state index >= 15 is 4.39 Å². The summed E-state index contributed by atoms with van der Waals surface area (Å²) in [6.45, 7) is 2.03. The van der Waals surface area contributed by atoms with Crippen molar-refractivity contribution in [1.82, 2.24) is 4.57 Å². The van der Waals surface area contributed by atoms with Crippen molar-refractivity contribution in [2.45, 2.75) is 26.7 Å². The molecule has 0 atom stereocenters.